The number of nitrogens with one attached hydrogen (secondary N) is 2. The molecule has 0 bridgehead atoms. The second-order valence-corrected chi connectivity index (χ2v) is 11.7. The molecule has 2 aliphatic rings. The van der Waals surface area contributed by atoms with E-state index in [1.165, 1.54) is 17.8 Å². The zero-order chi connectivity index (χ0) is 27.1. The van der Waals surface area contributed by atoms with Crippen molar-refractivity contribution < 1.29 is 33.6 Å². The van der Waals surface area contributed by atoms with Gasteiger partial charge >= 0.3 is 0 Å². The van der Waals surface area contributed by atoms with Gasteiger partial charge < -0.3 is 30.7 Å². The predicted molar refractivity (Wildman–Crippen MR) is 140 cm³/mol. The molecular formula is C26H39ClF2N2O5S. The first kappa shape index (κ1) is 30.5. The van der Waals surface area contributed by atoms with E-state index in [1.54, 1.807) is 19.2 Å². The maximum atomic E-state index is 13.4. The van der Waals surface area contributed by atoms with Gasteiger partial charge in [-0.2, -0.15) is 0 Å². The van der Waals surface area contributed by atoms with Crippen LogP contribution in [0.2, 0.25) is 0 Å². The number of carbonyl (C=O) groups excluding carboxylic acids is 1. The molecule has 210 valence electrons. The monoisotopic (exact) mass is 564 g/mol. The Kier molecular flexibility index (Phi) is 11.9. The largest absolute Gasteiger partial charge is 0.388 e. The Morgan fingerprint density at radius 3 is 2.59 bits per heavy atom. The van der Waals surface area contributed by atoms with Crippen LogP contribution in [0.5, 0.6) is 0 Å². The van der Waals surface area contributed by atoms with Gasteiger partial charge in [0.25, 0.3) is 0 Å². The predicted octanol–water partition coefficient (Wildman–Crippen LogP) is 2.72. The molecule has 7 nitrogen and oxygen atoms in total. The van der Waals surface area contributed by atoms with Crippen LogP contribution in [0.4, 0.5) is 8.78 Å². The molecule has 5 N–H and O–H groups in total. The van der Waals surface area contributed by atoms with Crippen LogP contribution < -0.4 is 10.6 Å². The third kappa shape index (κ3) is 8.24. The number of aryl methyl sites for hydroxylation is 1. The number of hydrogen-bond acceptors (Lipinski definition) is 7. The molecule has 2 saturated heterocycles. The highest BCUT2D eigenvalue weighted by molar-refractivity contribution is 7.99. The van der Waals surface area contributed by atoms with Crippen molar-refractivity contribution in [3.8, 4) is 0 Å². The Balaban J connectivity index is 1.48. The van der Waals surface area contributed by atoms with Gasteiger partial charge in [-0.3, -0.25) is 4.79 Å². The number of aliphatic hydroxyl groups excluding tert-OH is 3. The van der Waals surface area contributed by atoms with E-state index >= 15 is 0 Å². The normalized spacial score (nSPS) is 32.4. The van der Waals surface area contributed by atoms with Crippen LogP contribution in [0.15, 0.2) is 18.2 Å². The second-order valence-electron chi connectivity index (χ2n) is 10.1. The maximum Gasteiger partial charge on any atom is 0.237 e. The van der Waals surface area contributed by atoms with Gasteiger partial charge in [0.2, 0.25) is 5.91 Å². The first-order valence-corrected chi connectivity index (χ1v) is 14.7. The quantitative estimate of drug-likeness (QED) is 0.219. The smallest absolute Gasteiger partial charge is 0.237 e. The number of amides is 1. The molecular weight excluding hydrogens is 526 g/mol. The zero-order valence-electron chi connectivity index (χ0n) is 21.3. The van der Waals surface area contributed by atoms with Crippen molar-refractivity contribution >= 4 is 29.3 Å². The van der Waals surface area contributed by atoms with E-state index in [4.69, 9.17) is 16.3 Å². The van der Waals surface area contributed by atoms with Gasteiger partial charge in [0.05, 0.1) is 17.5 Å². The number of benzene rings is 1. The zero-order valence-corrected chi connectivity index (χ0v) is 22.9. The van der Waals surface area contributed by atoms with Gasteiger partial charge in [0.15, 0.2) is 11.6 Å². The lowest BCUT2D eigenvalue weighted by Gasteiger charge is -2.44. The summed E-state index contributed by atoms with van der Waals surface area (Å²) in [6.07, 6.45) is 2.70. The molecule has 2 unspecified atom stereocenters. The third-order valence-corrected chi connectivity index (χ3v) is 8.56. The van der Waals surface area contributed by atoms with Crippen LogP contribution in [0.1, 0.15) is 51.0 Å². The number of aliphatic hydroxyl groups is 3. The van der Waals surface area contributed by atoms with E-state index in [0.717, 1.165) is 43.7 Å². The summed E-state index contributed by atoms with van der Waals surface area (Å²) in [5.41, 5.74) is 0.0382. The minimum atomic E-state index is -1.41. The molecule has 2 heterocycles. The maximum absolute atomic E-state index is 13.4. The standard InChI is InChI=1S/C26H39ClF2N2O5S/c1-14(27)20(24-22(33)21(32)23(34)26(36-24)37-2)31-25(35)19-10-8-15(11-12-30-19)5-3-4-6-16-7-9-17(28)18(29)13-16/h7,9,13-15,19-24,26,30,32-34H,3-6,8,10-12H2,1-2H3,(H,31,35)/t14-,15-,19-,20+,21?,22-,23+,24+,26?/m0/s1. The summed E-state index contributed by atoms with van der Waals surface area (Å²) >= 11 is 7.58. The highest BCUT2D eigenvalue weighted by Crippen LogP contribution is 2.30. The van der Waals surface area contributed by atoms with Crippen LogP contribution in [-0.2, 0) is 16.0 Å². The Morgan fingerprint density at radius 2 is 1.92 bits per heavy atom. The molecule has 37 heavy (non-hydrogen) atoms. The highest BCUT2D eigenvalue weighted by Gasteiger charge is 2.48. The van der Waals surface area contributed by atoms with Crippen molar-refractivity contribution in [1.29, 1.82) is 0 Å². The Bertz CT molecular complexity index is 883. The molecule has 1 amide bonds. The fourth-order valence-corrected chi connectivity index (χ4v) is 6.05. The number of halogens is 3. The van der Waals surface area contributed by atoms with Crippen LogP contribution in [0.25, 0.3) is 0 Å². The number of rotatable bonds is 10. The average molecular weight is 565 g/mol. The molecule has 11 heteroatoms. The van der Waals surface area contributed by atoms with E-state index < -0.39 is 58.9 Å². The fourth-order valence-electron chi connectivity index (χ4n) is 5.17. The van der Waals surface area contributed by atoms with Crippen molar-refractivity contribution in [1.82, 2.24) is 10.6 Å². The molecule has 2 fully saturated rings. The first-order valence-electron chi connectivity index (χ1n) is 13.0. The van der Waals surface area contributed by atoms with Crippen LogP contribution in [0.3, 0.4) is 0 Å². The second kappa shape index (κ2) is 14.4. The molecule has 0 aromatic heterocycles. The third-order valence-electron chi connectivity index (χ3n) is 7.43. The molecule has 9 atom stereocenters. The minimum absolute atomic E-state index is 0.242. The molecule has 2 aliphatic heterocycles. The number of thioether (sulfide) groups is 1. The van der Waals surface area contributed by atoms with E-state index in [2.05, 4.69) is 10.6 Å². The minimum Gasteiger partial charge on any atom is -0.388 e. The lowest BCUT2D eigenvalue weighted by atomic mass is 9.91. The Morgan fingerprint density at radius 1 is 1.16 bits per heavy atom. The van der Waals surface area contributed by atoms with Crippen molar-refractivity contribution in [2.24, 2.45) is 5.92 Å². The first-order chi connectivity index (χ1) is 17.6. The molecule has 0 spiro atoms. The van der Waals surface area contributed by atoms with Crippen molar-refractivity contribution in [3.63, 3.8) is 0 Å². The summed E-state index contributed by atoms with van der Waals surface area (Å²) in [7, 11) is 0. The number of unbranched alkanes of at least 4 members (excludes halogenated alkanes) is 1. The van der Waals surface area contributed by atoms with E-state index in [1.807, 2.05) is 0 Å². The van der Waals surface area contributed by atoms with Crippen molar-refractivity contribution in [3.05, 3.63) is 35.4 Å². The molecule has 0 saturated carbocycles. The fraction of sp³-hybridized carbons (Fsp3) is 0.731. The Hall–Kier alpha value is -1.01. The van der Waals surface area contributed by atoms with Crippen LogP contribution >= 0.6 is 23.4 Å². The summed E-state index contributed by atoms with van der Waals surface area (Å²) in [5.74, 6) is -1.43. The number of alkyl halides is 1. The van der Waals surface area contributed by atoms with E-state index in [0.29, 0.717) is 25.3 Å². The summed E-state index contributed by atoms with van der Waals surface area (Å²) in [4.78, 5) is 13.1. The Labute approximate surface area is 226 Å². The molecule has 3 rings (SSSR count). The lowest BCUT2D eigenvalue weighted by molar-refractivity contribution is -0.205. The van der Waals surface area contributed by atoms with E-state index in [9.17, 15) is 28.9 Å². The van der Waals surface area contributed by atoms with Crippen LogP contribution in [-0.4, -0.2) is 81.3 Å². The lowest BCUT2D eigenvalue weighted by Crippen LogP contribution is -2.65. The number of hydrogen-bond donors (Lipinski definition) is 5. The topological polar surface area (TPSA) is 111 Å². The van der Waals surface area contributed by atoms with Crippen molar-refractivity contribution in [2.45, 2.75) is 99.2 Å². The van der Waals surface area contributed by atoms with Gasteiger partial charge in [0, 0.05) is 0 Å². The van der Waals surface area contributed by atoms with Gasteiger partial charge in [0.1, 0.15) is 29.9 Å². The highest BCUT2D eigenvalue weighted by atomic mass is 35.5. The van der Waals surface area contributed by atoms with Gasteiger partial charge in [-0.25, -0.2) is 8.78 Å². The molecule has 0 radical (unpaired) electrons. The molecule has 1 aromatic carbocycles. The van der Waals surface area contributed by atoms with Crippen molar-refractivity contribution in [2.75, 3.05) is 12.8 Å². The summed E-state index contributed by atoms with van der Waals surface area (Å²) < 4.78 is 32.3. The number of ether oxygens (including phenoxy) is 1. The van der Waals surface area contributed by atoms with Gasteiger partial charge in [-0.05, 0) is 75.4 Å². The average Bonchev–Trinajstić information content (AvgIpc) is 3.12. The van der Waals surface area contributed by atoms with Crippen LogP contribution in [0, 0.1) is 17.6 Å². The molecule has 1 aromatic rings. The van der Waals surface area contributed by atoms with Gasteiger partial charge in [-0.15, -0.1) is 23.4 Å². The molecule has 0 aliphatic carbocycles. The number of carbonyl (C=O) groups is 1. The SMILES string of the molecule is CSC1O[C@H]([C@H](NC(=O)[C@@H]2CC[C@H](CCCCc3ccc(F)c(F)c3)CCN2)[C@H](C)Cl)[C@@H](O)C(O)[C@H]1O. The summed E-state index contributed by atoms with van der Waals surface area (Å²) in [6, 6.07) is 2.85. The van der Waals surface area contributed by atoms with Gasteiger partial charge in [-0.1, -0.05) is 18.9 Å². The summed E-state index contributed by atoms with van der Waals surface area (Å²) in [5, 5.41) is 36.6. The van der Waals surface area contributed by atoms with E-state index in [-0.39, 0.29) is 5.91 Å². The summed E-state index contributed by atoms with van der Waals surface area (Å²) in [6.45, 7) is 2.38.